The minimum absolute atomic E-state index is 0.144. The number of amides is 2. The lowest BCUT2D eigenvalue weighted by atomic mass is 9.91. The lowest BCUT2D eigenvalue weighted by molar-refractivity contribution is -0.145. The molecule has 9 nitrogen and oxygen atoms in total. The number of carbonyl (C=O) groups is 3. The highest BCUT2D eigenvalue weighted by atomic mass is 16.5. The van der Waals surface area contributed by atoms with Crippen LogP contribution in [-0.4, -0.2) is 40.0 Å². The van der Waals surface area contributed by atoms with Gasteiger partial charge in [0.1, 0.15) is 12.6 Å². The van der Waals surface area contributed by atoms with Gasteiger partial charge in [-0.3, -0.25) is 28.8 Å². The van der Waals surface area contributed by atoms with Crippen molar-refractivity contribution in [1.29, 1.82) is 0 Å². The Morgan fingerprint density at radius 2 is 1.76 bits per heavy atom. The number of hydrogen-bond acceptors (Lipinski definition) is 6. The van der Waals surface area contributed by atoms with Crippen LogP contribution in [0, 0.1) is 5.92 Å². The highest BCUT2D eigenvalue weighted by molar-refractivity contribution is 6.00. The molecule has 1 atom stereocenters. The zero-order valence-corrected chi connectivity index (χ0v) is 21.7. The summed E-state index contributed by atoms with van der Waals surface area (Å²) in [6.45, 7) is 2.15. The molecule has 38 heavy (non-hydrogen) atoms. The lowest BCUT2D eigenvalue weighted by Crippen LogP contribution is -2.44. The maximum atomic E-state index is 13.0. The summed E-state index contributed by atoms with van der Waals surface area (Å²) in [5, 5.41) is 2.35. The average Bonchev–Trinajstić information content (AvgIpc) is 3.17. The van der Waals surface area contributed by atoms with Gasteiger partial charge in [0, 0.05) is 38.7 Å². The molecule has 2 aliphatic rings. The molecule has 0 saturated carbocycles. The van der Waals surface area contributed by atoms with Crippen LogP contribution < -0.4 is 15.9 Å². The summed E-state index contributed by atoms with van der Waals surface area (Å²) in [4.78, 5) is 51.4. The Kier molecular flexibility index (Phi) is 7.62. The van der Waals surface area contributed by atoms with Crippen molar-refractivity contribution in [1.82, 2.24) is 14.5 Å². The summed E-state index contributed by atoms with van der Waals surface area (Å²) < 4.78 is 8.47. The molecular weight excluding hydrogens is 484 g/mol. The molecule has 2 fully saturated rings. The maximum Gasteiger partial charge on any atom is 0.329 e. The van der Waals surface area contributed by atoms with E-state index < -0.39 is 11.9 Å². The van der Waals surface area contributed by atoms with Gasteiger partial charge >= 0.3 is 11.7 Å². The van der Waals surface area contributed by atoms with E-state index >= 15 is 0 Å². The van der Waals surface area contributed by atoms with Crippen LogP contribution in [0.5, 0.6) is 0 Å². The summed E-state index contributed by atoms with van der Waals surface area (Å²) in [7, 11) is 1.72. The molecule has 9 heteroatoms. The molecule has 2 saturated heterocycles. The van der Waals surface area contributed by atoms with Crippen molar-refractivity contribution in [2.24, 2.45) is 13.0 Å². The third-order valence-electron chi connectivity index (χ3n) is 7.81. The van der Waals surface area contributed by atoms with E-state index in [0.717, 1.165) is 55.5 Å². The molecule has 3 heterocycles. The molecule has 0 aliphatic carbocycles. The van der Waals surface area contributed by atoms with Gasteiger partial charge in [0.05, 0.1) is 11.0 Å². The fourth-order valence-corrected chi connectivity index (χ4v) is 5.60. The Labute approximate surface area is 221 Å². The van der Waals surface area contributed by atoms with Gasteiger partial charge in [0.25, 0.3) is 0 Å². The lowest BCUT2D eigenvalue weighted by Gasteiger charge is -2.33. The van der Waals surface area contributed by atoms with Gasteiger partial charge in [0.15, 0.2) is 0 Å². The standard InChI is InChI=1S/C29H34N4O5/c1-31-25-18-22(10-11-23(25)33(29(31)37)24-12-13-26(34)30-28(24)36)32-16-14-20(15-17-32)8-5-9-27(35)38-19-21-6-3-2-4-7-21/h2-4,6-7,10-11,18,20,24H,5,8-9,12-17,19H2,1H3,(H,30,34,36). The highest BCUT2D eigenvalue weighted by Gasteiger charge is 2.31. The number of piperidine rings is 2. The van der Waals surface area contributed by atoms with Crippen LogP contribution in [0.1, 0.15) is 56.6 Å². The largest absolute Gasteiger partial charge is 0.461 e. The topological polar surface area (TPSA) is 103 Å². The number of rotatable bonds is 8. The third-order valence-corrected chi connectivity index (χ3v) is 7.81. The second-order valence-electron chi connectivity index (χ2n) is 10.3. The van der Waals surface area contributed by atoms with Crippen LogP contribution in [0.2, 0.25) is 0 Å². The van der Waals surface area contributed by atoms with E-state index in [4.69, 9.17) is 4.74 Å². The molecule has 2 aliphatic heterocycles. The predicted molar refractivity (Wildman–Crippen MR) is 144 cm³/mol. The molecule has 0 bridgehead atoms. The van der Waals surface area contributed by atoms with Crippen molar-refractivity contribution in [3.8, 4) is 0 Å². The number of esters is 1. The SMILES string of the molecule is Cn1c(=O)n(C2CCC(=O)NC2=O)c2ccc(N3CCC(CCCC(=O)OCc4ccccc4)CC3)cc21. The van der Waals surface area contributed by atoms with Gasteiger partial charge in [-0.1, -0.05) is 30.3 Å². The van der Waals surface area contributed by atoms with Gasteiger partial charge < -0.3 is 9.64 Å². The van der Waals surface area contributed by atoms with Crippen molar-refractivity contribution in [3.63, 3.8) is 0 Å². The fourth-order valence-electron chi connectivity index (χ4n) is 5.60. The van der Waals surface area contributed by atoms with E-state index in [1.54, 1.807) is 11.6 Å². The van der Waals surface area contributed by atoms with Gasteiger partial charge in [-0.15, -0.1) is 0 Å². The van der Waals surface area contributed by atoms with Crippen molar-refractivity contribution in [2.75, 3.05) is 18.0 Å². The van der Waals surface area contributed by atoms with Crippen molar-refractivity contribution >= 4 is 34.5 Å². The molecule has 1 N–H and O–H groups in total. The summed E-state index contributed by atoms with van der Waals surface area (Å²) >= 11 is 0. The van der Waals surface area contributed by atoms with Crippen LogP contribution in [0.3, 0.4) is 0 Å². The van der Waals surface area contributed by atoms with E-state index in [9.17, 15) is 19.2 Å². The van der Waals surface area contributed by atoms with Crippen LogP contribution in [0.25, 0.3) is 11.0 Å². The highest BCUT2D eigenvalue weighted by Crippen LogP contribution is 2.30. The van der Waals surface area contributed by atoms with Crippen LogP contribution >= 0.6 is 0 Å². The Balaban J connectivity index is 1.14. The zero-order valence-electron chi connectivity index (χ0n) is 21.7. The summed E-state index contributed by atoms with van der Waals surface area (Å²) in [5.74, 6) is -0.288. The van der Waals surface area contributed by atoms with Crippen LogP contribution in [-0.2, 0) is 32.8 Å². The second kappa shape index (κ2) is 11.2. The first kappa shape index (κ1) is 25.8. The number of imidazole rings is 1. The Bertz CT molecular complexity index is 1390. The molecule has 1 unspecified atom stereocenters. The van der Waals surface area contributed by atoms with Gasteiger partial charge in [0.2, 0.25) is 11.8 Å². The Hall–Kier alpha value is -3.88. The van der Waals surface area contributed by atoms with Crippen LogP contribution in [0.4, 0.5) is 5.69 Å². The number of anilines is 1. The number of aromatic nitrogens is 2. The van der Waals surface area contributed by atoms with E-state index in [1.807, 2.05) is 48.5 Å². The number of carbonyl (C=O) groups excluding carboxylic acids is 3. The van der Waals surface area contributed by atoms with Crippen molar-refractivity contribution in [3.05, 3.63) is 64.6 Å². The maximum absolute atomic E-state index is 13.0. The molecule has 0 radical (unpaired) electrons. The number of nitrogens with zero attached hydrogens (tertiary/aromatic N) is 3. The first-order valence-corrected chi connectivity index (χ1v) is 13.4. The number of imide groups is 1. The molecule has 2 aromatic carbocycles. The number of hydrogen-bond donors (Lipinski definition) is 1. The number of benzene rings is 2. The molecule has 5 rings (SSSR count). The van der Waals surface area contributed by atoms with Crippen LogP contribution in [0.15, 0.2) is 53.3 Å². The Morgan fingerprint density at radius 1 is 1.00 bits per heavy atom. The summed E-state index contributed by atoms with van der Waals surface area (Å²) in [5.41, 5.74) is 3.27. The minimum atomic E-state index is -0.680. The number of nitrogens with one attached hydrogen (secondary N) is 1. The summed E-state index contributed by atoms with van der Waals surface area (Å²) in [6.07, 6.45) is 4.93. The molecule has 3 aromatic rings. The number of ether oxygens (including phenoxy) is 1. The Morgan fingerprint density at radius 3 is 2.50 bits per heavy atom. The fraction of sp³-hybridized carbons (Fsp3) is 0.448. The average molecular weight is 519 g/mol. The van der Waals surface area contributed by atoms with E-state index in [1.165, 1.54) is 4.57 Å². The smallest absolute Gasteiger partial charge is 0.329 e. The van der Waals surface area contributed by atoms with Gasteiger partial charge in [-0.05, 0) is 61.8 Å². The first-order chi connectivity index (χ1) is 18.4. The molecule has 200 valence electrons. The molecule has 2 amide bonds. The molecular formula is C29H34N4O5. The number of fused-ring (bicyclic) bond motifs is 1. The van der Waals surface area contributed by atoms with E-state index in [2.05, 4.69) is 10.2 Å². The quantitative estimate of drug-likeness (QED) is 0.362. The van der Waals surface area contributed by atoms with Gasteiger partial charge in [-0.2, -0.15) is 0 Å². The number of aryl methyl sites for hydroxylation is 1. The third kappa shape index (κ3) is 5.51. The molecule has 1 aromatic heterocycles. The van der Waals surface area contributed by atoms with Crippen molar-refractivity contribution in [2.45, 2.75) is 57.6 Å². The van der Waals surface area contributed by atoms with E-state index in [-0.39, 0.29) is 24.0 Å². The first-order valence-electron chi connectivity index (χ1n) is 13.4. The zero-order chi connectivity index (χ0) is 26.6. The van der Waals surface area contributed by atoms with Gasteiger partial charge in [-0.25, -0.2) is 4.79 Å². The summed E-state index contributed by atoms with van der Waals surface area (Å²) in [6, 6.07) is 15.0. The normalized spacial score (nSPS) is 18.6. The predicted octanol–water partition coefficient (Wildman–Crippen LogP) is 3.45. The molecule has 0 spiro atoms. The second-order valence-corrected chi connectivity index (χ2v) is 10.3. The van der Waals surface area contributed by atoms with Crippen molar-refractivity contribution < 1.29 is 19.1 Å². The minimum Gasteiger partial charge on any atom is -0.461 e. The van der Waals surface area contributed by atoms with E-state index in [0.29, 0.717) is 30.9 Å². The monoisotopic (exact) mass is 518 g/mol.